The maximum absolute atomic E-state index is 6.30. The molecule has 1 atom stereocenters. The van der Waals surface area contributed by atoms with Crippen LogP contribution in [0.1, 0.15) is 48.2 Å². The molecule has 4 aromatic carbocycles. The summed E-state index contributed by atoms with van der Waals surface area (Å²) >= 11 is 0. The summed E-state index contributed by atoms with van der Waals surface area (Å²) in [7, 11) is 0. The van der Waals surface area contributed by atoms with Crippen LogP contribution in [-0.2, 0) is 6.42 Å². The lowest BCUT2D eigenvalue weighted by molar-refractivity contribution is 0.482. The van der Waals surface area contributed by atoms with Crippen LogP contribution in [0.5, 0.6) is 11.5 Å². The van der Waals surface area contributed by atoms with Gasteiger partial charge in [0.1, 0.15) is 11.5 Å². The summed E-state index contributed by atoms with van der Waals surface area (Å²) in [5.74, 6) is 2.15. The van der Waals surface area contributed by atoms with Crippen molar-refractivity contribution in [1.82, 2.24) is 9.13 Å². The number of nitrogens with zero attached hydrogens (tertiary/aromatic N) is 2. The first-order valence-electron chi connectivity index (χ1n) is 14.2. The van der Waals surface area contributed by atoms with Crippen molar-refractivity contribution in [2.45, 2.75) is 32.1 Å². The second-order valence-corrected chi connectivity index (χ2v) is 10.9. The fraction of sp³-hybridized carbons (Fsp3) is 0.135. The van der Waals surface area contributed by atoms with Crippen molar-refractivity contribution < 1.29 is 4.74 Å². The van der Waals surface area contributed by atoms with E-state index >= 15 is 0 Å². The summed E-state index contributed by atoms with van der Waals surface area (Å²) in [6.07, 6.45) is 12.4. The van der Waals surface area contributed by atoms with Crippen LogP contribution in [0, 0.1) is 0 Å². The summed E-state index contributed by atoms with van der Waals surface area (Å²) in [5, 5.41) is 2.63. The van der Waals surface area contributed by atoms with Crippen LogP contribution in [0.2, 0.25) is 0 Å². The lowest BCUT2D eigenvalue weighted by Gasteiger charge is -2.19. The van der Waals surface area contributed by atoms with E-state index in [0.29, 0.717) is 5.92 Å². The molecule has 2 aliphatic carbocycles. The SMILES string of the molecule is CC1CC=Cc2c1n(-c1ccc(Oc3ccc(-n4c5c(c6ccccc64)C=CCC5)cc3)cc1)c1ccccc21. The van der Waals surface area contributed by atoms with Crippen LogP contribution in [-0.4, -0.2) is 9.13 Å². The molecule has 0 N–H and O–H groups in total. The molecule has 0 saturated carbocycles. The van der Waals surface area contributed by atoms with Crippen molar-refractivity contribution in [3.63, 3.8) is 0 Å². The van der Waals surface area contributed by atoms with E-state index < -0.39 is 0 Å². The first-order chi connectivity index (χ1) is 19.8. The standard InChI is InChI=1S/C37H30N2O/c1-25-9-8-13-33-32-12-4-7-16-36(32)39(37(25)33)27-19-23-29(24-20-27)40-28-21-17-26(18-22-28)38-34-14-5-2-10-30(34)31-11-3-6-15-35(31)38/h2-5,7-8,10-14,16-25H,6,9,15H2,1H3. The Morgan fingerprint density at radius 1 is 0.625 bits per heavy atom. The van der Waals surface area contributed by atoms with Gasteiger partial charge in [-0.3, -0.25) is 0 Å². The van der Waals surface area contributed by atoms with E-state index in [-0.39, 0.29) is 0 Å². The molecule has 2 aromatic heterocycles. The Labute approximate surface area is 234 Å². The van der Waals surface area contributed by atoms with Crippen molar-refractivity contribution >= 4 is 34.0 Å². The Bertz CT molecular complexity index is 1950. The number of benzene rings is 4. The van der Waals surface area contributed by atoms with E-state index in [9.17, 15) is 0 Å². The first kappa shape index (κ1) is 23.2. The monoisotopic (exact) mass is 518 g/mol. The van der Waals surface area contributed by atoms with Crippen LogP contribution in [0.3, 0.4) is 0 Å². The van der Waals surface area contributed by atoms with Crippen molar-refractivity contribution in [2.75, 3.05) is 0 Å². The lowest BCUT2D eigenvalue weighted by Crippen LogP contribution is -2.06. The molecule has 3 heteroatoms. The van der Waals surface area contributed by atoms with Gasteiger partial charge in [0.25, 0.3) is 0 Å². The minimum Gasteiger partial charge on any atom is -0.457 e. The minimum absolute atomic E-state index is 0.473. The van der Waals surface area contributed by atoms with E-state index in [1.807, 2.05) is 0 Å². The van der Waals surface area contributed by atoms with Gasteiger partial charge in [-0.15, -0.1) is 0 Å². The smallest absolute Gasteiger partial charge is 0.127 e. The predicted molar refractivity (Wildman–Crippen MR) is 166 cm³/mol. The fourth-order valence-electron chi connectivity index (χ4n) is 6.65. The molecule has 0 saturated heterocycles. The molecule has 6 aromatic rings. The fourth-order valence-corrected chi connectivity index (χ4v) is 6.65. The third-order valence-electron chi connectivity index (χ3n) is 8.47. The van der Waals surface area contributed by atoms with Gasteiger partial charge in [-0.2, -0.15) is 0 Å². The number of fused-ring (bicyclic) bond motifs is 6. The quantitative estimate of drug-likeness (QED) is 0.227. The molecule has 0 radical (unpaired) electrons. The number of allylic oxidation sites excluding steroid dienone is 2. The van der Waals surface area contributed by atoms with E-state index in [0.717, 1.165) is 30.8 Å². The van der Waals surface area contributed by atoms with Crippen molar-refractivity contribution in [3.05, 3.63) is 132 Å². The molecule has 8 rings (SSSR count). The number of hydrogen-bond donors (Lipinski definition) is 0. The Hall–Kier alpha value is -4.76. The van der Waals surface area contributed by atoms with Gasteiger partial charge in [-0.25, -0.2) is 0 Å². The van der Waals surface area contributed by atoms with E-state index in [2.05, 4.69) is 137 Å². The Morgan fingerprint density at radius 2 is 1.20 bits per heavy atom. The molecule has 40 heavy (non-hydrogen) atoms. The van der Waals surface area contributed by atoms with Crippen LogP contribution in [0.15, 0.2) is 109 Å². The molecule has 3 nitrogen and oxygen atoms in total. The molecule has 2 heterocycles. The largest absolute Gasteiger partial charge is 0.457 e. The van der Waals surface area contributed by atoms with Gasteiger partial charge in [0.2, 0.25) is 0 Å². The lowest BCUT2D eigenvalue weighted by atomic mass is 9.93. The average molecular weight is 519 g/mol. The van der Waals surface area contributed by atoms with Gasteiger partial charge < -0.3 is 13.9 Å². The van der Waals surface area contributed by atoms with Crippen molar-refractivity contribution in [3.8, 4) is 22.9 Å². The van der Waals surface area contributed by atoms with Gasteiger partial charge in [0.05, 0.1) is 11.0 Å². The zero-order valence-electron chi connectivity index (χ0n) is 22.5. The second-order valence-electron chi connectivity index (χ2n) is 10.9. The maximum Gasteiger partial charge on any atom is 0.127 e. The van der Waals surface area contributed by atoms with E-state index in [1.54, 1.807) is 0 Å². The Balaban J connectivity index is 1.10. The second kappa shape index (κ2) is 9.17. The Kier molecular flexibility index (Phi) is 5.31. The summed E-state index contributed by atoms with van der Waals surface area (Å²) in [6, 6.07) is 34.4. The van der Waals surface area contributed by atoms with Gasteiger partial charge in [-0.1, -0.05) is 67.6 Å². The highest BCUT2D eigenvalue weighted by Crippen LogP contribution is 2.40. The van der Waals surface area contributed by atoms with Crippen LogP contribution >= 0.6 is 0 Å². The first-order valence-corrected chi connectivity index (χ1v) is 14.2. The minimum atomic E-state index is 0.473. The van der Waals surface area contributed by atoms with E-state index in [4.69, 9.17) is 4.74 Å². The highest BCUT2D eigenvalue weighted by Gasteiger charge is 2.23. The van der Waals surface area contributed by atoms with E-state index in [1.165, 1.54) is 55.7 Å². The molecule has 0 fully saturated rings. The van der Waals surface area contributed by atoms with Gasteiger partial charge in [-0.05, 0) is 79.9 Å². The number of ether oxygens (including phenoxy) is 1. The molecular weight excluding hydrogens is 488 g/mol. The summed E-state index contributed by atoms with van der Waals surface area (Å²) < 4.78 is 11.1. The molecule has 0 bridgehead atoms. The van der Waals surface area contributed by atoms with Gasteiger partial charge in [0, 0.05) is 50.6 Å². The Morgan fingerprint density at radius 3 is 1.90 bits per heavy atom. The number of para-hydroxylation sites is 2. The maximum atomic E-state index is 6.30. The third-order valence-corrected chi connectivity index (χ3v) is 8.47. The number of hydrogen-bond acceptors (Lipinski definition) is 1. The summed E-state index contributed by atoms with van der Waals surface area (Å²) in [5.41, 5.74) is 10.3. The number of rotatable bonds is 4. The molecule has 2 aliphatic rings. The normalized spacial score (nSPS) is 15.9. The highest BCUT2D eigenvalue weighted by molar-refractivity contribution is 5.94. The summed E-state index contributed by atoms with van der Waals surface area (Å²) in [4.78, 5) is 0. The third kappa shape index (κ3) is 3.58. The van der Waals surface area contributed by atoms with Crippen LogP contribution in [0.4, 0.5) is 0 Å². The van der Waals surface area contributed by atoms with Gasteiger partial charge in [0.15, 0.2) is 0 Å². The zero-order valence-corrected chi connectivity index (χ0v) is 22.5. The molecule has 0 amide bonds. The van der Waals surface area contributed by atoms with Crippen molar-refractivity contribution in [1.29, 1.82) is 0 Å². The van der Waals surface area contributed by atoms with Crippen molar-refractivity contribution in [2.24, 2.45) is 0 Å². The topological polar surface area (TPSA) is 19.1 Å². The van der Waals surface area contributed by atoms with Gasteiger partial charge >= 0.3 is 0 Å². The molecule has 194 valence electrons. The number of aromatic nitrogens is 2. The van der Waals surface area contributed by atoms with Crippen LogP contribution in [0.25, 0.3) is 45.3 Å². The highest BCUT2D eigenvalue weighted by atomic mass is 16.5. The van der Waals surface area contributed by atoms with Crippen LogP contribution < -0.4 is 4.74 Å². The summed E-state index contributed by atoms with van der Waals surface area (Å²) in [6.45, 7) is 2.32. The predicted octanol–water partition coefficient (Wildman–Crippen LogP) is 9.85. The molecular formula is C37H30N2O. The average Bonchev–Trinajstić information content (AvgIpc) is 3.52. The molecule has 0 aliphatic heterocycles. The zero-order chi connectivity index (χ0) is 26.6. The molecule has 1 unspecified atom stereocenters. The molecule has 0 spiro atoms.